The second-order valence-electron chi connectivity index (χ2n) is 6.96. The predicted octanol–water partition coefficient (Wildman–Crippen LogP) is 4.66. The van der Waals surface area contributed by atoms with E-state index in [0.29, 0.717) is 21.4 Å². The molecule has 6 nitrogen and oxygen atoms in total. The van der Waals surface area contributed by atoms with Gasteiger partial charge in [-0.15, -0.1) is 0 Å². The summed E-state index contributed by atoms with van der Waals surface area (Å²) >= 11 is 7.52. The monoisotopic (exact) mass is 471 g/mol. The number of rotatable bonds is 6. The SMILES string of the molecule is Cc1ccc(S(=O)(=O)CC(=O)N(Cc2ccccn2)c2nc3c(Cl)cccc3s2)cc1. The minimum absolute atomic E-state index is 0.0978. The van der Waals surface area contributed by atoms with Gasteiger partial charge in [-0.2, -0.15) is 0 Å². The first-order chi connectivity index (χ1) is 14.8. The molecule has 0 aliphatic rings. The summed E-state index contributed by atoms with van der Waals surface area (Å²) < 4.78 is 26.5. The number of halogens is 1. The highest BCUT2D eigenvalue weighted by Gasteiger charge is 2.27. The molecule has 0 bridgehead atoms. The van der Waals surface area contributed by atoms with Crippen LogP contribution in [0.4, 0.5) is 5.13 Å². The minimum atomic E-state index is -3.82. The molecular formula is C22H18ClN3O3S2. The number of aromatic nitrogens is 2. The Bertz CT molecular complexity index is 1340. The van der Waals surface area contributed by atoms with Crippen LogP contribution in [0.1, 0.15) is 11.3 Å². The van der Waals surface area contributed by atoms with Crippen molar-refractivity contribution in [3.63, 3.8) is 0 Å². The Kier molecular flexibility index (Phi) is 6.04. The molecule has 158 valence electrons. The second kappa shape index (κ2) is 8.74. The Morgan fingerprint density at radius 2 is 1.84 bits per heavy atom. The molecule has 9 heteroatoms. The molecule has 31 heavy (non-hydrogen) atoms. The zero-order valence-electron chi connectivity index (χ0n) is 16.5. The van der Waals surface area contributed by atoms with Crippen LogP contribution in [-0.2, 0) is 21.2 Å². The van der Waals surface area contributed by atoms with Crippen LogP contribution < -0.4 is 4.90 Å². The number of thiazole rings is 1. The van der Waals surface area contributed by atoms with Gasteiger partial charge < -0.3 is 0 Å². The highest BCUT2D eigenvalue weighted by Crippen LogP contribution is 2.33. The van der Waals surface area contributed by atoms with Gasteiger partial charge in [-0.3, -0.25) is 14.7 Å². The van der Waals surface area contributed by atoms with Crippen LogP contribution >= 0.6 is 22.9 Å². The van der Waals surface area contributed by atoms with E-state index in [4.69, 9.17) is 11.6 Å². The first-order valence-corrected chi connectivity index (χ1v) is 12.2. The molecule has 0 saturated carbocycles. The average molecular weight is 472 g/mol. The predicted molar refractivity (Wildman–Crippen MR) is 123 cm³/mol. The molecule has 0 aliphatic heterocycles. The molecule has 0 atom stereocenters. The number of pyridine rings is 1. The molecule has 4 rings (SSSR count). The Balaban J connectivity index is 1.70. The van der Waals surface area contributed by atoms with E-state index in [2.05, 4.69) is 9.97 Å². The molecule has 0 N–H and O–H groups in total. The van der Waals surface area contributed by atoms with Crippen LogP contribution in [-0.4, -0.2) is 30.0 Å². The largest absolute Gasteiger partial charge is 0.281 e. The van der Waals surface area contributed by atoms with Crippen molar-refractivity contribution >= 4 is 54.0 Å². The first kappa shape index (κ1) is 21.4. The first-order valence-electron chi connectivity index (χ1n) is 9.38. The Morgan fingerprint density at radius 3 is 2.52 bits per heavy atom. The number of fused-ring (bicyclic) bond motifs is 1. The molecule has 0 fully saturated rings. The highest BCUT2D eigenvalue weighted by atomic mass is 35.5. The zero-order chi connectivity index (χ0) is 22.0. The molecular weight excluding hydrogens is 454 g/mol. The zero-order valence-corrected chi connectivity index (χ0v) is 18.9. The van der Waals surface area contributed by atoms with Gasteiger partial charge in [0.05, 0.1) is 26.9 Å². The topological polar surface area (TPSA) is 80.2 Å². The van der Waals surface area contributed by atoms with Crippen molar-refractivity contribution < 1.29 is 13.2 Å². The third-order valence-electron chi connectivity index (χ3n) is 4.63. The standard InChI is InChI=1S/C22H18ClN3O3S2/c1-15-8-10-17(11-9-15)31(28,29)14-20(27)26(13-16-5-2-3-12-24-16)22-25-21-18(23)6-4-7-19(21)30-22/h2-12H,13-14H2,1H3. The van der Waals surface area contributed by atoms with Gasteiger partial charge in [0.25, 0.3) is 0 Å². The van der Waals surface area contributed by atoms with Gasteiger partial charge in [-0.05, 0) is 43.3 Å². The van der Waals surface area contributed by atoms with Crippen molar-refractivity contribution in [1.82, 2.24) is 9.97 Å². The van der Waals surface area contributed by atoms with Crippen molar-refractivity contribution in [2.45, 2.75) is 18.4 Å². The van der Waals surface area contributed by atoms with Gasteiger partial charge in [0.1, 0.15) is 11.3 Å². The number of para-hydroxylation sites is 1. The quantitative estimate of drug-likeness (QED) is 0.408. The summed E-state index contributed by atoms with van der Waals surface area (Å²) in [6, 6.07) is 17.2. The van der Waals surface area contributed by atoms with E-state index >= 15 is 0 Å². The molecule has 0 saturated heterocycles. The van der Waals surface area contributed by atoms with Crippen molar-refractivity contribution in [3.8, 4) is 0 Å². The maximum absolute atomic E-state index is 13.2. The summed E-state index contributed by atoms with van der Waals surface area (Å²) in [5, 5.41) is 0.843. The highest BCUT2D eigenvalue weighted by molar-refractivity contribution is 7.92. The maximum Gasteiger partial charge on any atom is 0.244 e. The van der Waals surface area contributed by atoms with E-state index < -0.39 is 21.5 Å². The molecule has 0 radical (unpaired) electrons. The molecule has 0 aliphatic carbocycles. The number of amides is 1. The lowest BCUT2D eigenvalue weighted by atomic mass is 10.2. The smallest absolute Gasteiger partial charge is 0.244 e. The third-order valence-corrected chi connectivity index (χ3v) is 7.60. The fraction of sp³-hybridized carbons (Fsp3) is 0.136. The second-order valence-corrected chi connectivity index (χ2v) is 10.4. The lowest BCUT2D eigenvalue weighted by Crippen LogP contribution is -2.35. The van der Waals surface area contributed by atoms with Gasteiger partial charge in [0.2, 0.25) is 5.91 Å². The van der Waals surface area contributed by atoms with E-state index in [-0.39, 0.29) is 11.4 Å². The summed E-state index contributed by atoms with van der Waals surface area (Å²) in [5.41, 5.74) is 2.13. The Morgan fingerprint density at radius 1 is 1.06 bits per heavy atom. The van der Waals surface area contributed by atoms with Gasteiger partial charge in [0, 0.05) is 6.20 Å². The molecule has 1 amide bonds. The lowest BCUT2D eigenvalue weighted by molar-refractivity contribution is -0.116. The number of sulfone groups is 1. The summed E-state index contributed by atoms with van der Waals surface area (Å²) in [6.07, 6.45) is 1.62. The van der Waals surface area contributed by atoms with Crippen LogP contribution in [0.15, 0.2) is 71.8 Å². The summed E-state index contributed by atoms with van der Waals surface area (Å²) in [5.74, 6) is -1.26. The van der Waals surface area contributed by atoms with E-state index in [1.807, 2.05) is 19.1 Å². The van der Waals surface area contributed by atoms with Crippen LogP contribution in [0.5, 0.6) is 0 Å². The van der Waals surface area contributed by atoms with Crippen molar-refractivity contribution in [2.75, 3.05) is 10.7 Å². The van der Waals surface area contributed by atoms with Crippen LogP contribution in [0.25, 0.3) is 10.2 Å². The number of benzene rings is 2. The number of hydrogen-bond donors (Lipinski definition) is 0. The van der Waals surface area contributed by atoms with Crippen molar-refractivity contribution in [1.29, 1.82) is 0 Å². The maximum atomic E-state index is 13.2. The van der Waals surface area contributed by atoms with Crippen LogP contribution in [0.2, 0.25) is 5.02 Å². The number of aryl methyl sites for hydroxylation is 1. The van der Waals surface area contributed by atoms with Gasteiger partial charge in [0.15, 0.2) is 15.0 Å². The van der Waals surface area contributed by atoms with E-state index in [0.717, 1.165) is 10.3 Å². The number of nitrogens with zero attached hydrogens (tertiary/aromatic N) is 3. The normalized spacial score (nSPS) is 11.5. The minimum Gasteiger partial charge on any atom is -0.281 e. The molecule has 2 aromatic heterocycles. The molecule has 2 aromatic carbocycles. The van der Waals surface area contributed by atoms with Gasteiger partial charge >= 0.3 is 0 Å². The summed E-state index contributed by atoms with van der Waals surface area (Å²) in [6.45, 7) is 1.97. The van der Waals surface area contributed by atoms with Gasteiger partial charge in [-0.25, -0.2) is 13.4 Å². The number of anilines is 1. The number of hydrogen-bond acceptors (Lipinski definition) is 6. The van der Waals surface area contributed by atoms with Crippen molar-refractivity contribution in [2.24, 2.45) is 0 Å². The Labute approximate surface area is 189 Å². The van der Waals surface area contributed by atoms with E-state index in [1.165, 1.54) is 28.4 Å². The van der Waals surface area contributed by atoms with Crippen molar-refractivity contribution in [3.05, 3.63) is 83.1 Å². The Hall–Kier alpha value is -2.81. The molecule has 0 unspecified atom stereocenters. The average Bonchev–Trinajstić information content (AvgIpc) is 3.18. The van der Waals surface area contributed by atoms with Crippen LogP contribution in [0, 0.1) is 6.92 Å². The summed E-state index contributed by atoms with van der Waals surface area (Å²) in [7, 11) is -3.82. The fourth-order valence-electron chi connectivity index (χ4n) is 3.00. The molecule has 2 heterocycles. The lowest BCUT2D eigenvalue weighted by Gasteiger charge is -2.19. The summed E-state index contributed by atoms with van der Waals surface area (Å²) in [4.78, 5) is 23.5. The van der Waals surface area contributed by atoms with Gasteiger partial charge in [-0.1, -0.05) is 52.8 Å². The fourth-order valence-corrected chi connectivity index (χ4v) is 5.48. The van der Waals surface area contributed by atoms with E-state index in [9.17, 15) is 13.2 Å². The molecule has 4 aromatic rings. The number of carbonyl (C=O) groups excluding carboxylic acids is 1. The third kappa shape index (κ3) is 4.76. The van der Waals surface area contributed by atoms with E-state index in [1.54, 1.807) is 42.6 Å². The molecule has 0 spiro atoms. The van der Waals surface area contributed by atoms with Crippen LogP contribution in [0.3, 0.4) is 0 Å². The number of carbonyl (C=O) groups is 1.